The third kappa shape index (κ3) is 7.91. The Hall–Kier alpha value is -1.89. The van der Waals surface area contributed by atoms with E-state index in [9.17, 15) is 9.59 Å². The first-order valence-electron chi connectivity index (χ1n) is 10.5. The SMILES string of the molecule is CC[C@@H](C)NC(=O)[C@H](C)N(Cc1ccc(Cl)cc1Cl)C(=O)CSCc1ccc(OC)cc1. The molecular formula is C24H30Cl2N2O3S. The third-order valence-corrected chi connectivity index (χ3v) is 6.75. The van der Waals surface area contributed by atoms with Gasteiger partial charge in [-0.05, 0) is 55.7 Å². The zero-order valence-electron chi connectivity index (χ0n) is 18.9. The highest BCUT2D eigenvalue weighted by Gasteiger charge is 2.27. The lowest BCUT2D eigenvalue weighted by Crippen LogP contribution is -2.50. The van der Waals surface area contributed by atoms with Crippen molar-refractivity contribution in [1.82, 2.24) is 10.2 Å². The van der Waals surface area contributed by atoms with Gasteiger partial charge in [0.15, 0.2) is 0 Å². The molecule has 0 saturated heterocycles. The minimum absolute atomic E-state index is 0.0328. The number of hydrogen-bond acceptors (Lipinski definition) is 4. The fraction of sp³-hybridized carbons (Fsp3) is 0.417. The Morgan fingerprint density at radius 2 is 1.81 bits per heavy atom. The molecule has 0 fully saturated rings. The lowest BCUT2D eigenvalue weighted by atomic mass is 10.1. The molecule has 0 spiro atoms. The summed E-state index contributed by atoms with van der Waals surface area (Å²) in [4.78, 5) is 27.5. The molecule has 0 radical (unpaired) electrons. The van der Waals surface area contributed by atoms with Crippen molar-refractivity contribution < 1.29 is 14.3 Å². The largest absolute Gasteiger partial charge is 0.497 e. The number of thioether (sulfide) groups is 1. The molecule has 2 amide bonds. The molecule has 32 heavy (non-hydrogen) atoms. The van der Waals surface area contributed by atoms with Gasteiger partial charge in [-0.25, -0.2) is 0 Å². The van der Waals surface area contributed by atoms with Crippen LogP contribution in [0.3, 0.4) is 0 Å². The van der Waals surface area contributed by atoms with Gasteiger partial charge < -0.3 is 15.0 Å². The number of methoxy groups -OCH3 is 1. The van der Waals surface area contributed by atoms with E-state index in [1.165, 1.54) is 11.8 Å². The smallest absolute Gasteiger partial charge is 0.242 e. The van der Waals surface area contributed by atoms with E-state index in [4.69, 9.17) is 27.9 Å². The molecule has 0 heterocycles. The van der Waals surface area contributed by atoms with Gasteiger partial charge in [-0.15, -0.1) is 11.8 Å². The lowest BCUT2D eigenvalue weighted by Gasteiger charge is -2.30. The summed E-state index contributed by atoms with van der Waals surface area (Å²) < 4.78 is 5.18. The summed E-state index contributed by atoms with van der Waals surface area (Å²) in [6, 6.07) is 12.3. The monoisotopic (exact) mass is 496 g/mol. The lowest BCUT2D eigenvalue weighted by molar-refractivity contribution is -0.138. The van der Waals surface area contributed by atoms with Crippen LogP contribution in [0.4, 0.5) is 0 Å². The highest BCUT2D eigenvalue weighted by Crippen LogP contribution is 2.24. The predicted molar refractivity (Wildman–Crippen MR) is 134 cm³/mol. The number of carbonyl (C=O) groups excluding carboxylic acids is 2. The summed E-state index contributed by atoms with van der Waals surface area (Å²) in [5.74, 6) is 1.41. The first-order valence-corrected chi connectivity index (χ1v) is 12.4. The Morgan fingerprint density at radius 1 is 1.12 bits per heavy atom. The van der Waals surface area contributed by atoms with Crippen LogP contribution < -0.4 is 10.1 Å². The zero-order chi connectivity index (χ0) is 23.7. The average Bonchev–Trinajstić information content (AvgIpc) is 2.78. The van der Waals surface area contributed by atoms with Crippen LogP contribution in [-0.2, 0) is 21.9 Å². The molecule has 0 aromatic heterocycles. The van der Waals surface area contributed by atoms with Crippen molar-refractivity contribution in [3.8, 4) is 5.75 Å². The maximum absolute atomic E-state index is 13.2. The molecule has 0 aliphatic heterocycles. The second-order valence-corrected chi connectivity index (χ2v) is 9.42. The molecule has 0 aliphatic rings. The van der Waals surface area contributed by atoms with Crippen molar-refractivity contribution in [3.05, 3.63) is 63.6 Å². The quantitative estimate of drug-likeness (QED) is 0.441. The molecular weight excluding hydrogens is 467 g/mol. The first-order chi connectivity index (χ1) is 15.2. The maximum Gasteiger partial charge on any atom is 0.242 e. The Morgan fingerprint density at radius 3 is 2.41 bits per heavy atom. The topological polar surface area (TPSA) is 58.6 Å². The molecule has 2 aromatic rings. The second kappa shape index (κ2) is 13.0. The Balaban J connectivity index is 2.10. The van der Waals surface area contributed by atoms with Crippen LogP contribution in [0.15, 0.2) is 42.5 Å². The number of benzene rings is 2. The van der Waals surface area contributed by atoms with Gasteiger partial charge in [0, 0.05) is 28.4 Å². The fourth-order valence-electron chi connectivity index (χ4n) is 2.94. The number of rotatable bonds is 11. The number of hydrogen-bond donors (Lipinski definition) is 1. The van der Waals surface area contributed by atoms with Crippen molar-refractivity contribution >= 4 is 46.8 Å². The van der Waals surface area contributed by atoms with Gasteiger partial charge >= 0.3 is 0 Å². The van der Waals surface area contributed by atoms with E-state index in [1.807, 2.05) is 38.1 Å². The van der Waals surface area contributed by atoms with Gasteiger partial charge in [0.1, 0.15) is 11.8 Å². The molecule has 0 aliphatic carbocycles. The molecule has 5 nitrogen and oxygen atoms in total. The Kier molecular flexibility index (Phi) is 10.7. The number of nitrogens with zero attached hydrogens (tertiary/aromatic N) is 1. The normalized spacial score (nSPS) is 12.7. The molecule has 8 heteroatoms. The van der Waals surface area contributed by atoms with Crippen LogP contribution in [0.2, 0.25) is 10.0 Å². The van der Waals surface area contributed by atoms with Gasteiger partial charge in [-0.1, -0.05) is 48.3 Å². The zero-order valence-corrected chi connectivity index (χ0v) is 21.2. The second-order valence-electron chi connectivity index (χ2n) is 7.59. The third-order valence-electron chi connectivity index (χ3n) is 5.18. The van der Waals surface area contributed by atoms with E-state index in [0.717, 1.165) is 23.3 Å². The van der Waals surface area contributed by atoms with E-state index < -0.39 is 6.04 Å². The summed E-state index contributed by atoms with van der Waals surface area (Å²) in [6.45, 7) is 5.92. The van der Waals surface area contributed by atoms with E-state index in [0.29, 0.717) is 15.8 Å². The van der Waals surface area contributed by atoms with Gasteiger partial charge in [-0.3, -0.25) is 9.59 Å². The maximum atomic E-state index is 13.2. The number of ether oxygens (including phenoxy) is 1. The summed E-state index contributed by atoms with van der Waals surface area (Å²) >= 11 is 13.9. The van der Waals surface area contributed by atoms with Crippen molar-refractivity contribution in [2.75, 3.05) is 12.9 Å². The van der Waals surface area contributed by atoms with E-state index in [2.05, 4.69) is 5.32 Å². The van der Waals surface area contributed by atoms with E-state index in [-0.39, 0.29) is 30.2 Å². The predicted octanol–water partition coefficient (Wildman–Crippen LogP) is 5.57. The van der Waals surface area contributed by atoms with E-state index in [1.54, 1.807) is 37.1 Å². The number of nitrogens with one attached hydrogen (secondary N) is 1. The van der Waals surface area contributed by atoms with Crippen LogP contribution in [0.5, 0.6) is 5.75 Å². The number of carbonyl (C=O) groups is 2. The van der Waals surface area contributed by atoms with Gasteiger partial charge in [0.2, 0.25) is 11.8 Å². The average molecular weight is 497 g/mol. The van der Waals surface area contributed by atoms with Crippen LogP contribution in [0.25, 0.3) is 0 Å². The van der Waals surface area contributed by atoms with Gasteiger partial charge in [0.05, 0.1) is 12.9 Å². The Bertz CT molecular complexity index is 909. The summed E-state index contributed by atoms with van der Waals surface area (Å²) in [6.07, 6.45) is 0.813. The van der Waals surface area contributed by atoms with Crippen molar-refractivity contribution in [3.63, 3.8) is 0 Å². The Labute approximate surface area is 204 Å². The van der Waals surface area contributed by atoms with Gasteiger partial charge in [0.25, 0.3) is 0 Å². The van der Waals surface area contributed by atoms with Crippen molar-refractivity contribution in [2.24, 2.45) is 0 Å². The van der Waals surface area contributed by atoms with Gasteiger partial charge in [-0.2, -0.15) is 0 Å². The number of halogens is 2. The van der Waals surface area contributed by atoms with Crippen molar-refractivity contribution in [2.45, 2.75) is 51.6 Å². The molecule has 2 atom stereocenters. The standard InChI is InChI=1S/C24H30Cl2N2O3S/c1-5-16(2)27-24(30)17(3)28(13-19-8-9-20(25)12-22(19)26)23(29)15-32-14-18-6-10-21(31-4)11-7-18/h6-12,16-17H,5,13-15H2,1-4H3,(H,27,30)/t16-,17+/m1/s1. The fourth-order valence-corrected chi connectivity index (χ4v) is 4.28. The minimum Gasteiger partial charge on any atom is -0.497 e. The molecule has 2 rings (SSSR count). The highest BCUT2D eigenvalue weighted by atomic mass is 35.5. The molecule has 174 valence electrons. The number of amides is 2. The summed E-state index contributed by atoms with van der Waals surface area (Å²) in [7, 11) is 1.63. The molecule has 2 aromatic carbocycles. The van der Waals surface area contributed by atoms with Crippen LogP contribution in [0, 0.1) is 0 Å². The molecule has 1 N–H and O–H groups in total. The molecule has 0 saturated carbocycles. The summed E-state index contributed by atoms with van der Waals surface area (Å²) in [5.41, 5.74) is 1.84. The molecule has 0 unspecified atom stereocenters. The molecule has 0 bridgehead atoms. The highest BCUT2D eigenvalue weighted by molar-refractivity contribution is 7.99. The van der Waals surface area contributed by atoms with Crippen molar-refractivity contribution in [1.29, 1.82) is 0 Å². The summed E-state index contributed by atoms with van der Waals surface area (Å²) in [5, 5.41) is 3.95. The van der Waals surface area contributed by atoms with Crippen LogP contribution in [-0.4, -0.2) is 41.7 Å². The minimum atomic E-state index is -0.634. The van der Waals surface area contributed by atoms with Crippen LogP contribution >= 0.6 is 35.0 Å². The van der Waals surface area contributed by atoms with Crippen LogP contribution in [0.1, 0.15) is 38.3 Å². The van der Waals surface area contributed by atoms with E-state index >= 15 is 0 Å². The first kappa shape index (κ1) is 26.4.